The number of nitrogens with zero attached hydrogens (tertiary/aromatic N) is 4. The lowest BCUT2D eigenvalue weighted by molar-refractivity contribution is 0.464. The second-order valence-corrected chi connectivity index (χ2v) is 7.80. The molecule has 0 radical (unpaired) electrons. The van der Waals surface area contributed by atoms with Gasteiger partial charge in [0.15, 0.2) is 0 Å². The molecule has 0 amide bonds. The summed E-state index contributed by atoms with van der Waals surface area (Å²) >= 11 is 0. The fraction of sp³-hybridized carbons (Fsp3) is 0.176. The van der Waals surface area contributed by atoms with E-state index in [-0.39, 0.29) is 6.54 Å². The third-order valence-corrected chi connectivity index (χ3v) is 6.04. The first-order valence-corrected chi connectivity index (χ1v) is 9.03. The van der Waals surface area contributed by atoms with E-state index in [9.17, 15) is 8.42 Å². The summed E-state index contributed by atoms with van der Waals surface area (Å²) in [7, 11) is -1.97. The fourth-order valence-corrected chi connectivity index (χ4v) is 4.29. The van der Waals surface area contributed by atoms with Crippen LogP contribution in [-0.4, -0.2) is 34.8 Å². The van der Waals surface area contributed by atoms with Gasteiger partial charge >= 0.3 is 0 Å². The minimum Gasteiger partial charge on any atom is -0.240 e. The van der Waals surface area contributed by atoms with E-state index in [1.54, 1.807) is 23.9 Å². The highest BCUT2D eigenvalue weighted by Crippen LogP contribution is 2.35. The maximum absolute atomic E-state index is 12.7. The number of sulfonamides is 1. The molecule has 6 nitrogen and oxygen atoms in total. The third kappa shape index (κ3) is 2.33. The van der Waals surface area contributed by atoms with Gasteiger partial charge in [-0.2, -0.15) is 4.31 Å². The Morgan fingerprint density at radius 2 is 1.75 bits per heavy atom. The SMILES string of the molecule is CN1Cc2nnn(Cc3ccccc3)c2-c2ccccc2S1(=O)=O. The predicted octanol–water partition coefficient (Wildman–Crippen LogP) is 2.13. The lowest BCUT2D eigenvalue weighted by atomic mass is 10.1. The highest BCUT2D eigenvalue weighted by atomic mass is 32.2. The Morgan fingerprint density at radius 3 is 2.54 bits per heavy atom. The molecule has 0 spiro atoms. The van der Waals surface area contributed by atoms with Gasteiger partial charge in [0.1, 0.15) is 5.69 Å². The quantitative estimate of drug-likeness (QED) is 0.717. The molecular weight excluding hydrogens is 324 g/mol. The summed E-state index contributed by atoms with van der Waals surface area (Å²) in [5, 5.41) is 8.50. The van der Waals surface area contributed by atoms with Crippen molar-refractivity contribution in [3.63, 3.8) is 0 Å². The van der Waals surface area contributed by atoms with Crippen LogP contribution in [0.25, 0.3) is 11.3 Å². The smallest absolute Gasteiger partial charge is 0.240 e. The van der Waals surface area contributed by atoms with E-state index in [4.69, 9.17) is 0 Å². The summed E-state index contributed by atoms with van der Waals surface area (Å²) in [4.78, 5) is 0.294. The van der Waals surface area contributed by atoms with Gasteiger partial charge in [0, 0.05) is 12.6 Å². The van der Waals surface area contributed by atoms with Gasteiger partial charge in [-0.3, -0.25) is 0 Å². The van der Waals surface area contributed by atoms with E-state index >= 15 is 0 Å². The molecule has 3 aromatic rings. The van der Waals surface area contributed by atoms with Gasteiger partial charge in [0.05, 0.1) is 23.7 Å². The second-order valence-electron chi connectivity index (χ2n) is 5.79. The van der Waals surface area contributed by atoms with Crippen molar-refractivity contribution in [1.82, 2.24) is 19.3 Å². The summed E-state index contributed by atoms with van der Waals surface area (Å²) in [5.74, 6) is 0. The molecule has 0 aliphatic carbocycles. The van der Waals surface area contributed by atoms with Crippen LogP contribution in [0.3, 0.4) is 0 Å². The van der Waals surface area contributed by atoms with Crippen LogP contribution in [0.4, 0.5) is 0 Å². The molecule has 2 heterocycles. The lowest BCUT2D eigenvalue weighted by Crippen LogP contribution is -2.25. The van der Waals surface area contributed by atoms with Gasteiger partial charge in [0.2, 0.25) is 10.0 Å². The van der Waals surface area contributed by atoms with Crippen LogP contribution < -0.4 is 0 Å². The zero-order valence-electron chi connectivity index (χ0n) is 13.1. The molecule has 4 rings (SSSR count). The van der Waals surface area contributed by atoms with Crippen molar-refractivity contribution in [2.75, 3.05) is 7.05 Å². The van der Waals surface area contributed by atoms with E-state index in [2.05, 4.69) is 10.3 Å². The topological polar surface area (TPSA) is 68.1 Å². The summed E-state index contributed by atoms with van der Waals surface area (Å²) in [6.07, 6.45) is 0. The van der Waals surface area contributed by atoms with E-state index < -0.39 is 10.0 Å². The van der Waals surface area contributed by atoms with Crippen molar-refractivity contribution in [3.05, 3.63) is 65.9 Å². The molecule has 0 bridgehead atoms. The molecule has 0 saturated heterocycles. The Morgan fingerprint density at radius 1 is 1.04 bits per heavy atom. The lowest BCUT2D eigenvalue weighted by Gasteiger charge is -2.14. The molecule has 2 aromatic carbocycles. The zero-order chi connectivity index (χ0) is 16.7. The molecule has 122 valence electrons. The summed E-state index contributed by atoms with van der Waals surface area (Å²) < 4.78 is 28.6. The Kier molecular flexibility index (Phi) is 3.47. The van der Waals surface area contributed by atoms with Crippen molar-refractivity contribution >= 4 is 10.0 Å². The highest BCUT2D eigenvalue weighted by molar-refractivity contribution is 7.89. The maximum atomic E-state index is 12.7. The fourth-order valence-electron chi connectivity index (χ4n) is 2.97. The molecule has 0 unspecified atom stereocenters. The number of hydrogen-bond donors (Lipinski definition) is 0. The van der Waals surface area contributed by atoms with Crippen LogP contribution in [0.1, 0.15) is 11.3 Å². The molecule has 1 aliphatic heterocycles. The first kappa shape index (κ1) is 15.0. The first-order valence-electron chi connectivity index (χ1n) is 7.59. The molecule has 0 N–H and O–H groups in total. The Hall–Kier alpha value is -2.51. The van der Waals surface area contributed by atoms with Gasteiger partial charge in [-0.1, -0.05) is 53.7 Å². The van der Waals surface area contributed by atoms with Crippen LogP contribution in [0, 0.1) is 0 Å². The van der Waals surface area contributed by atoms with Crippen molar-refractivity contribution in [2.45, 2.75) is 18.0 Å². The minimum absolute atomic E-state index is 0.209. The van der Waals surface area contributed by atoms with Crippen molar-refractivity contribution in [2.24, 2.45) is 0 Å². The van der Waals surface area contributed by atoms with Crippen LogP contribution in [0.5, 0.6) is 0 Å². The molecule has 7 heteroatoms. The Balaban J connectivity index is 1.91. The van der Waals surface area contributed by atoms with Crippen molar-refractivity contribution < 1.29 is 8.42 Å². The van der Waals surface area contributed by atoms with Crippen LogP contribution in [-0.2, 0) is 23.1 Å². The predicted molar refractivity (Wildman–Crippen MR) is 89.7 cm³/mol. The van der Waals surface area contributed by atoms with Gasteiger partial charge in [-0.05, 0) is 11.6 Å². The third-order valence-electron chi connectivity index (χ3n) is 4.18. The van der Waals surface area contributed by atoms with Crippen LogP contribution >= 0.6 is 0 Å². The molecule has 24 heavy (non-hydrogen) atoms. The minimum atomic E-state index is -3.53. The highest BCUT2D eigenvalue weighted by Gasteiger charge is 2.32. The molecule has 0 fully saturated rings. The number of aromatic nitrogens is 3. The van der Waals surface area contributed by atoms with Crippen LogP contribution in [0.2, 0.25) is 0 Å². The normalized spacial score (nSPS) is 16.2. The maximum Gasteiger partial charge on any atom is 0.243 e. The Bertz CT molecular complexity index is 996. The number of fused-ring (bicyclic) bond motifs is 3. The zero-order valence-corrected chi connectivity index (χ0v) is 13.9. The van der Waals surface area contributed by atoms with Crippen molar-refractivity contribution in [1.29, 1.82) is 0 Å². The second kappa shape index (κ2) is 5.54. The largest absolute Gasteiger partial charge is 0.243 e. The van der Waals surface area contributed by atoms with Gasteiger partial charge in [-0.15, -0.1) is 5.10 Å². The van der Waals surface area contributed by atoms with E-state index in [1.807, 2.05) is 42.5 Å². The Labute approximate surface area is 140 Å². The molecular formula is C17H16N4O2S. The molecule has 0 saturated carbocycles. The number of hydrogen-bond acceptors (Lipinski definition) is 4. The molecule has 1 aromatic heterocycles. The van der Waals surface area contributed by atoms with Crippen LogP contribution in [0.15, 0.2) is 59.5 Å². The van der Waals surface area contributed by atoms with E-state index in [1.165, 1.54) is 4.31 Å². The number of benzene rings is 2. The summed E-state index contributed by atoms with van der Waals surface area (Å²) in [6.45, 7) is 0.752. The van der Waals surface area contributed by atoms with Gasteiger partial charge in [0.25, 0.3) is 0 Å². The van der Waals surface area contributed by atoms with E-state index in [0.717, 1.165) is 11.3 Å². The first-order chi connectivity index (χ1) is 11.6. The van der Waals surface area contributed by atoms with Crippen molar-refractivity contribution in [3.8, 4) is 11.3 Å². The number of rotatable bonds is 2. The summed E-state index contributed by atoms with van der Waals surface area (Å²) in [5.41, 5.74) is 3.17. The van der Waals surface area contributed by atoms with E-state index in [0.29, 0.717) is 22.7 Å². The molecule has 1 aliphatic rings. The average molecular weight is 340 g/mol. The molecule has 0 atom stereocenters. The average Bonchev–Trinajstić information content (AvgIpc) is 2.94. The van der Waals surface area contributed by atoms with Gasteiger partial charge in [-0.25, -0.2) is 13.1 Å². The summed E-state index contributed by atoms with van der Waals surface area (Å²) in [6, 6.07) is 16.9. The monoisotopic (exact) mass is 340 g/mol. The standard InChI is InChI=1S/C17H16N4O2S/c1-20-12-15-17(14-9-5-6-10-16(14)24(20,22)23)21(19-18-15)11-13-7-3-2-4-8-13/h2-10H,11-12H2,1H3. The van der Waals surface area contributed by atoms with Gasteiger partial charge < -0.3 is 0 Å².